The van der Waals surface area contributed by atoms with Crippen LogP contribution in [0.5, 0.6) is 0 Å². The van der Waals surface area contributed by atoms with Crippen LogP contribution in [0.2, 0.25) is 0 Å². The number of nitrogens with zero attached hydrogens (tertiary/aromatic N) is 2. The van der Waals surface area contributed by atoms with Crippen LogP contribution in [0.15, 0.2) is 30.0 Å². The Labute approximate surface area is 139 Å². The van der Waals surface area contributed by atoms with E-state index in [0.29, 0.717) is 18.5 Å². The van der Waals surface area contributed by atoms with Crippen LogP contribution >= 0.6 is 0 Å². The first-order valence-corrected chi connectivity index (χ1v) is 8.29. The molecular formula is C17H22F3N3O. The molecule has 0 unspecified atom stereocenters. The molecule has 0 amide bonds. The first-order chi connectivity index (χ1) is 11.5. The van der Waals surface area contributed by atoms with Crippen molar-refractivity contribution in [3.8, 4) is 0 Å². The van der Waals surface area contributed by atoms with E-state index in [4.69, 9.17) is 4.74 Å². The highest BCUT2D eigenvalue weighted by molar-refractivity contribution is 5.40. The van der Waals surface area contributed by atoms with Crippen LogP contribution in [0, 0.1) is 0 Å². The molecule has 0 atom stereocenters. The van der Waals surface area contributed by atoms with Gasteiger partial charge in [0.1, 0.15) is 5.82 Å². The Balaban J connectivity index is 1.47. The quantitative estimate of drug-likeness (QED) is 0.855. The molecular weight excluding hydrogens is 319 g/mol. The molecule has 1 aromatic rings. The lowest BCUT2D eigenvalue weighted by Gasteiger charge is -2.33. The maximum atomic E-state index is 12.6. The summed E-state index contributed by atoms with van der Waals surface area (Å²) in [6.07, 6.45) is 1.70. The van der Waals surface area contributed by atoms with Crippen LogP contribution in [0.1, 0.15) is 24.8 Å². The molecule has 1 N–H and O–H groups in total. The molecule has 2 aliphatic heterocycles. The number of hydrogen-bond donors (Lipinski definition) is 1. The molecule has 1 fully saturated rings. The highest BCUT2D eigenvalue weighted by Crippen LogP contribution is 2.29. The number of aromatic nitrogens is 1. The van der Waals surface area contributed by atoms with Crippen molar-refractivity contribution in [1.29, 1.82) is 0 Å². The lowest BCUT2D eigenvalue weighted by atomic mass is 10.0. The molecule has 0 spiro atoms. The van der Waals surface area contributed by atoms with Crippen LogP contribution in [0.3, 0.4) is 0 Å². The summed E-state index contributed by atoms with van der Waals surface area (Å²) < 4.78 is 43.2. The van der Waals surface area contributed by atoms with E-state index < -0.39 is 11.7 Å². The summed E-state index contributed by atoms with van der Waals surface area (Å²) >= 11 is 0. The van der Waals surface area contributed by atoms with Crippen LogP contribution in [0.4, 0.5) is 19.0 Å². The average molecular weight is 341 g/mol. The summed E-state index contributed by atoms with van der Waals surface area (Å²) in [6, 6.07) is 2.99. The van der Waals surface area contributed by atoms with Crippen molar-refractivity contribution in [2.24, 2.45) is 0 Å². The van der Waals surface area contributed by atoms with E-state index >= 15 is 0 Å². The second kappa shape index (κ2) is 7.53. The predicted molar refractivity (Wildman–Crippen MR) is 86.0 cm³/mol. The minimum Gasteiger partial charge on any atom is -0.377 e. The molecule has 7 heteroatoms. The number of alkyl halides is 3. The molecule has 3 rings (SSSR count). The summed E-state index contributed by atoms with van der Waals surface area (Å²) in [4.78, 5) is 6.02. The average Bonchev–Trinajstić information content (AvgIpc) is 2.61. The van der Waals surface area contributed by atoms with Gasteiger partial charge in [0.25, 0.3) is 0 Å². The molecule has 4 nitrogen and oxygen atoms in total. The van der Waals surface area contributed by atoms with Crippen molar-refractivity contribution >= 4 is 5.82 Å². The van der Waals surface area contributed by atoms with Gasteiger partial charge in [0.05, 0.1) is 18.8 Å². The third-order valence-electron chi connectivity index (χ3n) is 4.49. The molecule has 0 aliphatic carbocycles. The highest BCUT2D eigenvalue weighted by atomic mass is 19.4. The smallest absolute Gasteiger partial charge is 0.377 e. The third-order valence-corrected chi connectivity index (χ3v) is 4.49. The molecule has 0 radical (unpaired) electrons. The van der Waals surface area contributed by atoms with E-state index in [0.717, 1.165) is 57.8 Å². The monoisotopic (exact) mass is 341 g/mol. The second-order valence-corrected chi connectivity index (χ2v) is 6.25. The Morgan fingerprint density at radius 3 is 2.62 bits per heavy atom. The summed E-state index contributed by atoms with van der Waals surface area (Å²) in [5.74, 6) is 0.616. The first-order valence-electron chi connectivity index (χ1n) is 8.29. The number of hydrogen-bond acceptors (Lipinski definition) is 4. The molecule has 132 valence electrons. The van der Waals surface area contributed by atoms with Crippen LogP contribution in [0.25, 0.3) is 0 Å². The van der Waals surface area contributed by atoms with Crippen molar-refractivity contribution in [2.45, 2.75) is 31.5 Å². The van der Waals surface area contributed by atoms with E-state index in [2.05, 4.69) is 16.4 Å². The highest BCUT2D eigenvalue weighted by Gasteiger charge is 2.31. The number of pyridine rings is 1. The van der Waals surface area contributed by atoms with Crippen molar-refractivity contribution in [2.75, 3.05) is 37.7 Å². The van der Waals surface area contributed by atoms with Gasteiger partial charge in [-0.2, -0.15) is 13.2 Å². The number of halogens is 3. The lowest BCUT2D eigenvalue weighted by molar-refractivity contribution is -0.137. The van der Waals surface area contributed by atoms with Crippen molar-refractivity contribution < 1.29 is 17.9 Å². The Bertz CT molecular complexity index is 563. The summed E-state index contributed by atoms with van der Waals surface area (Å²) in [5, 5.41) is 3.55. The van der Waals surface area contributed by atoms with Gasteiger partial charge in [-0.05, 0) is 37.0 Å². The fraction of sp³-hybridized carbons (Fsp3) is 0.588. The van der Waals surface area contributed by atoms with E-state index in [1.165, 1.54) is 11.6 Å². The third kappa shape index (κ3) is 4.48. The Hall–Kier alpha value is -1.60. The van der Waals surface area contributed by atoms with Crippen molar-refractivity contribution in [3.05, 3.63) is 35.5 Å². The minimum atomic E-state index is -4.33. The number of piperidine rings is 1. The SMILES string of the molecule is FC(F)(F)c1ccc(N2CCC(NCC3=CCCOC3)CC2)nc1. The van der Waals surface area contributed by atoms with E-state index in [9.17, 15) is 13.2 Å². The largest absolute Gasteiger partial charge is 0.417 e. The molecule has 1 aromatic heterocycles. The number of nitrogens with one attached hydrogen (secondary N) is 1. The van der Waals surface area contributed by atoms with Gasteiger partial charge in [-0.1, -0.05) is 6.08 Å². The van der Waals surface area contributed by atoms with Crippen LogP contribution in [-0.4, -0.2) is 43.9 Å². The summed E-state index contributed by atoms with van der Waals surface area (Å²) in [5.41, 5.74) is 0.596. The maximum absolute atomic E-state index is 12.6. The van der Waals surface area contributed by atoms with Gasteiger partial charge in [-0.15, -0.1) is 0 Å². The first kappa shape index (κ1) is 17.2. The zero-order valence-electron chi connectivity index (χ0n) is 13.5. The van der Waals surface area contributed by atoms with Gasteiger partial charge in [0.2, 0.25) is 0 Å². The van der Waals surface area contributed by atoms with Gasteiger partial charge < -0.3 is 15.0 Å². The Morgan fingerprint density at radius 1 is 1.25 bits per heavy atom. The molecule has 0 saturated carbocycles. The number of rotatable bonds is 4. The maximum Gasteiger partial charge on any atom is 0.417 e. The van der Waals surface area contributed by atoms with Gasteiger partial charge in [0.15, 0.2) is 0 Å². The molecule has 0 aromatic carbocycles. The Kier molecular flexibility index (Phi) is 5.40. The number of anilines is 1. The molecule has 2 aliphatic rings. The summed E-state index contributed by atoms with van der Waals surface area (Å²) in [7, 11) is 0. The standard InChI is InChI=1S/C17H22F3N3O/c18-17(19,20)14-3-4-16(22-11-14)23-7-5-15(6-8-23)21-10-13-2-1-9-24-12-13/h2-4,11,15,21H,1,5-10,12H2. The van der Waals surface area contributed by atoms with Crippen LogP contribution in [-0.2, 0) is 10.9 Å². The number of ether oxygens (including phenoxy) is 1. The molecule has 3 heterocycles. The zero-order valence-corrected chi connectivity index (χ0v) is 13.5. The fourth-order valence-electron chi connectivity index (χ4n) is 3.06. The normalized spacial score (nSPS) is 20.1. The molecule has 1 saturated heterocycles. The van der Waals surface area contributed by atoms with Crippen molar-refractivity contribution in [3.63, 3.8) is 0 Å². The second-order valence-electron chi connectivity index (χ2n) is 6.25. The van der Waals surface area contributed by atoms with Crippen LogP contribution < -0.4 is 10.2 Å². The molecule has 0 bridgehead atoms. The Morgan fingerprint density at radius 2 is 2.04 bits per heavy atom. The van der Waals surface area contributed by atoms with Gasteiger partial charge in [-0.25, -0.2) is 4.98 Å². The predicted octanol–water partition coefficient (Wildman–Crippen LogP) is 3.01. The summed E-state index contributed by atoms with van der Waals surface area (Å²) in [6.45, 7) is 3.96. The van der Waals surface area contributed by atoms with Gasteiger partial charge in [-0.3, -0.25) is 0 Å². The van der Waals surface area contributed by atoms with Crippen molar-refractivity contribution in [1.82, 2.24) is 10.3 Å². The molecule has 24 heavy (non-hydrogen) atoms. The lowest BCUT2D eigenvalue weighted by Crippen LogP contribution is -2.43. The van der Waals surface area contributed by atoms with Gasteiger partial charge >= 0.3 is 6.18 Å². The zero-order chi connectivity index (χ0) is 17.0. The van der Waals surface area contributed by atoms with E-state index in [1.807, 2.05) is 4.90 Å². The van der Waals surface area contributed by atoms with E-state index in [-0.39, 0.29) is 0 Å². The van der Waals surface area contributed by atoms with E-state index in [1.54, 1.807) is 0 Å². The van der Waals surface area contributed by atoms with Gasteiger partial charge in [0, 0.05) is 31.9 Å². The topological polar surface area (TPSA) is 37.4 Å². The fourth-order valence-corrected chi connectivity index (χ4v) is 3.06. The minimum absolute atomic E-state index is 0.429.